The Morgan fingerprint density at radius 1 is 1.14 bits per heavy atom. The van der Waals surface area contributed by atoms with Gasteiger partial charge in [-0.25, -0.2) is 0 Å². The van der Waals surface area contributed by atoms with E-state index in [0.717, 1.165) is 12.8 Å². The van der Waals surface area contributed by atoms with Crippen molar-refractivity contribution in [1.29, 1.82) is 0 Å². The molecule has 0 N–H and O–H groups in total. The first kappa shape index (κ1) is 10.6. The van der Waals surface area contributed by atoms with E-state index in [0.29, 0.717) is 6.54 Å². The van der Waals surface area contributed by atoms with E-state index < -0.39 is 0 Å². The molecule has 3 heteroatoms. The van der Waals surface area contributed by atoms with Gasteiger partial charge in [-0.3, -0.25) is 0 Å². The zero-order valence-electron chi connectivity index (χ0n) is 8.48. The highest BCUT2D eigenvalue weighted by Crippen LogP contribution is 2.07. The number of hydrogen-bond acceptors (Lipinski definition) is 1. The Balaban J connectivity index is 2.50. The highest BCUT2D eigenvalue weighted by atomic mass is 15.1. The van der Waals surface area contributed by atoms with Crippen LogP contribution in [0.5, 0.6) is 0 Å². The van der Waals surface area contributed by atoms with Crippen LogP contribution in [-0.4, -0.2) is 6.54 Å². The molecule has 0 fully saturated rings. The van der Waals surface area contributed by atoms with Gasteiger partial charge in [-0.15, -0.1) is 0 Å². The van der Waals surface area contributed by atoms with Gasteiger partial charge in [0.05, 0.1) is 0 Å². The van der Waals surface area contributed by atoms with Crippen molar-refractivity contribution >= 4 is 0 Å². The highest BCUT2D eigenvalue weighted by molar-refractivity contribution is 5.22. The number of nitrogens with zero attached hydrogens (tertiary/aromatic N) is 3. The third-order valence-electron chi connectivity index (χ3n) is 2.13. The van der Waals surface area contributed by atoms with Crippen LogP contribution < -0.4 is 0 Å². The maximum absolute atomic E-state index is 8.12. The minimum Gasteiger partial charge on any atom is -0.0936 e. The number of azide groups is 1. The van der Waals surface area contributed by atoms with E-state index >= 15 is 0 Å². The van der Waals surface area contributed by atoms with Crippen LogP contribution in [0.1, 0.15) is 24.5 Å². The molecule has 0 aliphatic carbocycles. The average molecular weight is 189 g/mol. The van der Waals surface area contributed by atoms with Crippen molar-refractivity contribution in [3.05, 3.63) is 45.8 Å². The van der Waals surface area contributed by atoms with Gasteiger partial charge in [-0.2, -0.15) is 0 Å². The fraction of sp³-hybridized carbons (Fsp3) is 0.455. The summed E-state index contributed by atoms with van der Waals surface area (Å²) < 4.78 is 0. The molecule has 0 amide bonds. The second-order valence-electron chi connectivity index (χ2n) is 3.27. The van der Waals surface area contributed by atoms with Crippen molar-refractivity contribution < 1.29 is 0 Å². The van der Waals surface area contributed by atoms with E-state index in [9.17, 15) is 0 Å². The van der Waals surface area contributed by atoms with Crippen LogP contribution in [0.4, 0.5) is 0 Å². The summed E-state index contributed by atoms with van der Waals surface area (Å²) in [6.07, 6.45) is 3.14. The Bertz CT molecular complexity index is 310. The molecule has 0 atom stereocenters. The summed E-state index contributed by atoms with van der Waals surface area (Å²) in [5.41, 5.74) is 10.7. The van der Waals surface area contributed by atoms with Gasteiger partial charge in [0.2, 0.25) is 0 Å². The molecule has 0 spiro atoms. The van der Waals surface area contributed by atoms with Gasteiger partial charge >= 0.3 is 0 Å². The van der Waals surface area contributed by atoms with Gasteiger partial charge in [0.25, 0.3) is 0 Å². The molecule has 0 aromatic heterocycles. The summed E-state index contributed by atoms with van der Waals surface area (Å²) in [4.78, 5) is 2.72. The van der Waals surface area contributed by atoms with Crippen molar-refractivity contribution in [3.63, 3.8) is 0 Å². The Morgan fingerprint density at radius 2 is 1.71 bits per heavy atom. The van der Waals surface area contributed by atoms with Gasteiger partial charge in [-0.05, 0) is 29.5 Å². The van der Waals surface area contributed by atoms with Crippen LogP contribution >= 0.6 is 0 Å². The van der Waals surface area contributed by atoms with Crippen LogP contribution in [0.2, 0.25) is 0 Å². The molecule has 0 saturated carbocycles. The quantitative estimate of drug-likeness (QED) is 0.387. The topological polar surface area (TPSA) is 48.8 Å². The fourth-order valence-electron chi connectivity index (χ4n) is 1.39. The van der Waals surface area contributed by atoms with E-state index in [1.807, 2.05) is 0 Å². The molecule has 0 aliphatic rings. The van der Waals surface area contributed by atoms with E-state index in [-0.39, 0.29) is 0 Å². The second-order valence-corrected chi connectivity index (χ2v) is 3.27. The lowest BCUT2D eigenvalue weighted by Gasteiger charge is -2.01. The lowest BCUT2D eigenvalue weighted by atomic mass is 10.1. The molecule has 0 bridgehead atoms. The summed E-state index contributed by atoms with van der Waals surface area (Å²) >= 11 is 0. The molecular formula is C11H15N3. The molecule has 14 heavy (non-hydrogen) atoms. The zero-order valence-corrected chi connectivity index (χ0v) is 8.48. The molecule has 1 aromatic carbocycles. The monoisotopic (exact) mass is 189 g/mol. The number of aryl methyl sites for hydroxylation is 1. The molecule has 0 unspecified atom stereocenters. The summed E-state index contributed by atoms with van der Waals surface area (Å²) in [6, 6.07) is 8.51. The first-order chi connectivity index (χ1) is 6.86. The van der Waals surface area contributed by atoms with Crippen LogP contribution in [0.25, 0.3) is 10.4 Å². The third-order valence-corrected chi connectivity index (χ3v) is 2.13. The third kappa shape index (κ3) is 3.50. The van der Waals surface area contributed by atoms with Gasteiger partial charge in [0.1, 0.15) is 0 Å². The fourth-order valence-corrected chi connectivity index (χ4v) is 1.39. The first-order valence-electron chi connectivity index (χ1n) is 4.95. The Kier molecular flexibility index (Phi) is 4.59. The van der Waals surface area contributed by atoms with E-state index in [1.165, 1.54) is 17.5 Å². The normalized spacial score (nSPS) is 9.50. The van der Waals surface area contributed by atoms with E-state index in [1.54, 1.807) is 0 Å². The predicted molar refractivity (Wildman–Crippen MR) is 58.2 cm³/mol. The molecule has 0 heterocycles. The summed E-state index contributed by atoms with van der Waals surface area (Å²) in [5.74, 6) is 0. The van der Waals surface area contributed by atoms with Crippen molar-refractivity contribution in [2.75, 3.05) is 6.54 Å². The van der Waals surface area contributed by atoms with Crippen molar-refractivity contribution in [3.8, 4) is 0 Å². The summed E-state index contributed by atoms with van der Waals surface area (Å²) in [5, 5.41) is 3.51. The van der Waals surface area contributed by atoms with Gasteiger partial charge < -0.3 is 0 Å². The van der Waals surface area contributed by atoms with Gasteiger partial charge in [0, 0.05) is 11.5 Å². The highest BCUT2D eigenvalue weighted by Gasteiger charge is 1.93. The van der Waals surface area contributed by atoms with Crippen molar-refractivity contribution in [1.82, 2.24) is 0 Å². The summed E-state index contributed by atoms with van der Waals surface area (Å²) in [6.45, 7) is 2.72. The average Bonchev–Trinajstić information content (AvgIpc) is 2.21. The van der Waals surface area contributed by atoms with Gasteiger partial charge in [0.15, 0.2) is 0 Å². The lowest BCUT2D eigenvalue weighted by Crippen LogP contribution is -1.89. The van der Waals surface area contributed by atoms with Crippen LogP contribution in [0.3, 0.4) is 0 Å². The number of hydrogen-bond donors (Lipinski definition) is 0. The largest absolute Gasteiger partial charge is 0.0936 e. The molecule has 74 valence electrons. The zero-order chi connectivity index (χ0) is 10.2. The maximum atomic E-state index is 8.12. The molecule has 3 nitrogen and oxygen atoms in total. The van der Waals surface area contributed by atoms with Gasteiger partial charge in [-0.1, -0.05) is 42.7 Å². The molecule has 0 aliphatic heterocycles. The molecule has 0 saturated heterocycles. The smallest absolute Gasteiger partial charge is 0.0298 e. The molecule has 1 aromatic rings. The maximum Gasteiger partial charge on any atom is 0.0298 e. The molecule has 1 rings (SSSR count). The number of benzene rings is 1. The van der Waals surface area contributed by atoms with Crippen LogP contribution in [-0.2, 0) is 12.8 Å². The Hall–Kier alpha value is -1.47. The van der Waals surface area contributed by atoms with Crippen molar-refractivity contribution in [2.45, 2.75) is 26.2 Å². The summed E-state index contributed by atoms with van der Waals surface area (Å²) in [7, 11) is 0. The van der Waals surface area contributed by atoms with Crippen molar-refractivity contribution in [2.24, 2.45) is 5.11 Å². The Labute approximate surface area is 84.4 Å². The van der Waals surface area contributed by atoms with Crippen LogP contribution in [0, 0.1) is 0 Å². The SMILES string of the molecule is CCCc1ccc(CCN=[N+]=[N-])cc1. The van der Waals surface area contributed by atoms with E-state index in [4.69, 9.17) is 5.53 Å². The standard InChI is InChI=1S/C11H15N3/c1-2-3-10-4-6-11(7-5-10)8-9-13-14-12/h4-7H,2-3,8-9H2,1H3. The Morgan fingerprint density at radius 3 is 2.21 bits per heavy atom. The lowest BCUT2D eigenvalue weighted by molar-refractivity contribution is 0.914. The first-order valence-corrected chi connectivity index (χ1v) is 4.95. The van der Waals surface area contributed by atoms with E-state index in [2.05, 4.69) is 41.2 Å². The second kappa shape index (κ2) is 6.06. The minimum atomic E-state index is 0.545. The molecular weight excluding hydrogens is 174 g/mol. The van der Waals surface area contributed by atoms with Crippen LogP contribution in [0.15, 0.2) is 29.4 Å². The molecule has 0 radical (unpaired) electrons. The predicted octanol–water partition coefficient (Wildman–Crippen LogP) is 3.49. The minimum absolute atomic E-state index is 0.545. The number of rotatable bonds is 5.